The predicted molar refractivity (Wildman–Crippen MR) is 79.5 cm³/mol. The number of benzene rings is 1. The number of methoxy groups -OCH3 is 1. The van der Waals surface area contributed by atoms with E-state index in [1.807, 2.05) is 0 Å². The molecule has 0 saturated carbocycles. The van der Waals surface area contributed by atoms with Crippen LogP contribution in [0.2, 0.25) is 0 Å². The minimum atomic E-state index is -0.373. The van der Waals surface area contributed by atoms with Gasteiger partial charge in [-0.05, 0) is 17.7 Å². The number of carbonyl (C=O) groups is 2. The third-order valence-electron chi connectivity index (χ3n) is 2.87. The molecule has 22 heavy (non-hydrogen) atoms. The zero-order valence-corrected chi connectivity index (χ0v) is 12.2. The van der Waals surface area contributed by atoms with Gasteiger partial charge in [-0.15, -0.1) is 0 Å². The lowest BCUT2D eigenvalue weighted by molar-refractivity contribution is -0.120. The molecular weight excluding hydrogens is 286 g/mol. The highest BCUT2D eigenvalue weighted by atomic mass is 16.5. The van der Waals surface area contributed by atoms with Crippen LogP contribution in [0.25, 0.3) is 0 Å². The number of ether oxygens (including phenoxy) is 1. The zero-order chi connectivity index (χ0) is 15.8. The molecule has 116 valence electrons. The van der Waals surface area contributed by atoms with E-state index in [1.54, 1.807) is 31.4 Å². The van der Waals surface area contributed by atoms with Gasteiger partial charge in [0.05, 0.1) is 19.2 Å². The number of anilines is 1. The Morgan fingerprint density at radius 2 is 2.00 bits per heavy atom. The first kappa shape index (κ1) is 15.7. The first-order chi connectivity index (χ1) is 10.7. The van der Waals surface area contributed by atoms with Crippen molar-refractivity contribution in [2.75, 3.05) is 25.6 Å². The Morgan fingerprint density at radius 3 is 2.64 bits per heavy atom. The molecule has 7 heteroatoms. The van der Waals surface area contributed by atoms with Crippen LogP contribution in [0.1, 0.15) is 16.1 Å². The lowest BCUT2D eigenvalue weighted by Gasteiger charge is -2.06. The van der Waals surface area contributed by atoms with Gasteiger partial charge in [0.2, 0.25) is 11.7 Å². The second kappa shape index (κ2) is 7.94. The van der Waals surface area contributed by atoms with Crippen molar-refractivity contribution in [1.29, 1.82) is 0 Å². The lowest BCUT2D eigenvalue weighted by Crippen LogP contribution is -2.28. The van der Waals surface area contributed by atoms with Crippen LogP contribution in [0.5, 0.6) is 0 Å². The molecule has 2 N–H and O–H groups in total. The van der Waals surface area contributed by atoms with Crippen molar-refractivity contribution in [2.24, 2.45) is 0 Å². The molecule has 2 amide bonds. The summed E-state index contributed by atoms with van der Waals surface area (Å²) in [4.78, 5) is 23.4. The van der Waals surface area contributed by atoms with Gasteiger partial charge in [-0.3, -0.25) is 9.59 Å². The van der Waals surface area contributed by atoms with Crippen LogP contribution < -0.4 is 10.6 Å². The molecule has 0 aliphatic heterocycles. The van der Waals surface area contributed by atoms with Crippen LogP contribution in [0, 0.1) is 0 Å². The summed E-state index contributed by atoms with van der Waals surface area (Å²) in [6, 6.07) is 8.50. The molecule has 0 fully saturated rings. The standard InChI is InChI=1S/C15H17N3O4/c1-21-9-8-16-14(19)10-11-2-4-12(5-3-11)18-15(20)13-6-7-17-22-13/h2-7H,8-10H2,1H3,(H,16,19)(H,18,20). The summed E-state index contributed by atoms with van der Waals surface area (Å²) in [6.07, 6.45) is 1.68. The first-order valence-corrected chi connectivity index (χ1v) is 6.75. The third-order valence-corrected chi connectivity index (χ3v) is 2.87. The van der Waals surface area contributed by atoms with E-state index >= 15 is 0 Å². The number of hydrogen-bond acceptors (Lipinski definition) is 5. The third kappa shape index (κ3) is 4.71. The van der Waals surface area contributed by atoms with Crippen LogP contribution in [-0.2, 0) is 16.0 Å². The Bertz CT molecular complexity index is 608. The molecule has 0 radical (unpaired) electrons. The van der Waals surface area contributed by atoms with E-state index in [1.165, 1.54) is 12.3 Å². The number of nitrogens with one attached hydrogen (secondary N) is 2. The van der Waals surface area contributed by atoms with Gasteiger partial charge >= 0.3 is 0 Å². The summed E-state index contributed by atoms with van der Waals surface area (Å²) in [5, 5.41) is 8.89. The second-order valence-corrected chi connectivity index (χ2v) is 4.55. The summed E-state index contributed by atoms with van der Waals surface area (Å²) >= 11 is 0. The fourth-order valence-corrected chi connectivity index (χ4v) is 1.77. The molecule has 0 bridgehead atoms. The van der Waals surface area contributed by atoms with Crippen LogP contribution in [0.4, 0.5) is 5.69 Å². The van der Waals surface area contributed by atoms with Gasteiger partial charge in [0.15, 0.2) is 0 Å². The number of nitrogens with zero attached hydrogens (tertiary/aromatic N) is 1. The Morgan fingerprint density at radius 1 is 1.23 bits per heavy atom. The highest BCUT2D eigenvalue weighted by Crippen LogP contribution is 2.11. The first-order valence-electron chi connectivity index (χ1n) is 6.75. The van der Waals surface area contributed by atoms with Crippen molar-refractivity contribution in [2.45, 2.75) is 6.42 Å². The van der Waals surface area contributed by atoms with Gasteiger partial charge in [0, 0.05) is 25.4 Å². The van der Waals surface area contributed by atoms with Gasteiger partial charge < -0.3 is 19.9 Å². The predicted octanol–water partition coefficient (Wildman–Crippen LogP) is 1.23. The van der Waals surface area contributed by atoms with Crippen molar-refractivity contribution in [3.05, 3.63) is 47.9 Å². The molecule has 0 unspecified atom stereocenters. The maximum atomic E-state index is 11.8. The molecule has 7 nitrogen and oxygen atoms in total. The van der Waals surface area contributed by atoms with Crippen molar-refractivity contribution in [3.8, 4) is 0 Å². The van der Waals surface area contributed by atoms with Gasteiger partial charge in [-0.25, -0.2) is 0 Å². The lowest BCUT2D eigenvalue weighted by atomic mass is 10.1. The number of hydrogen-bond donors (Lipinski definition) is 2. The average Bonchev–Trinajstić information content (AvgIpc) is 3.04. The number of carbonyl (C=O) groups excluding carboxylic acids is 2. The van der Waals surface area contributed by atoms with Crippen LogP contribution in [0.3, 0.4) is 0 Å². The summed E-state index contributed by atoms with van der Waals surface area (Å²) in [5.74, 6) is -0.306. The Hall–Kier alpha value is -2.67. The van der Waals surface area contributed by atoms with Gasteiger partial charge in [-0.2, -0.15) is 0 Å². The van der Waals surface area contributed by atoms with Gasteiger partial charge in [0.25, 0.3) is 5.91 Å². The van der Waals surface area contributed by atoms with Crippen LogP contribution in [0.15, 0.2) is 41.1 Å². The smallest absolute Gasteiger partial charge is 0.294 e. The number of rotatable bonds is 7. The molecule has 0 aliphatic rings. The Balaban J connectivity index is 1.85. The zero-order valence-electron chi connectivity index (χ0n) is 12.2. The van der Waals surface area contributed by atoms with E-state index in [0.29, 0.717) is 18.8 Å². The monoisotopic (exact) mass is 303 g/mol. The number of amides is 2. The van der Waals surface area contributed by atoms with Crippen molar-refractivity contribution >= 4 is 17.5 Å². The Labute approximate surface area is 127 Å². The maximum Gasteiger partial charge on any atom is 0.294 e. The van der Waals surface area contributed by atoms with Crippen molar-refractivity contribution < 1.29 is 18.8 Å². The summed E-state index contributed by atoms with van der Waals surface area (Å²) in [5.41, 5.74) is 1.47. The molecule has 0 spiro atoms. The van der Waals surface area contributed by atoms with Crippen molar-refractivity contribution in [3.63, 3.8) is 0 Å². The largest absolute Gasteiger partial charge is 0.383 e. The highest BCUT2D eigenvalue weighted by Gasteiger charge is 2.10. The molecule has 0 saturated heterocycles. The molecule has 0 atom stereocenters. The second-order valence-electron chi connectivity index (χ2n) is 4.55. The topological polar surface area (TPSA) is 93.5 Å². The van der Waals surface area contributed by atoms with Crippen molar-refractivity contribution in [1.82, 2.24) is 10.5 Å². The SMILES string of the molecule is COCCNC(=O)Cc1ccc(NC(=O)c2ccno2)cc1. The van der Waals surface area contributed by atoms with Crippen LogP contribution in [-0.4, -0.2) is 37.2 Å². The molecule has 2 aromatic rings. The quantitative estimate of drug-likeness (QED) is 0.750. The summed E-state index contributed by atoms with van der Waals surface area (Å²) in [7, 11) is 1.58. The van der Waals surface area contributed by atoms with Gasteiger partial charge in [-0.1, -0.05) is 17.3 Å². The van der Waals surface area contributed by atoms with E-state index in [-0.39, 0.29) is 24.0 Å². The average molecular weight is 303 g/mol. The highest BCUT2D eigenvalue weighted by molar-refractivity contribution is 6.02. The minimum absolute atomic E-state index is 0.0736. The van der Waals surface area contributed by atoms with Gasteiger partial charge in [0.1, 0.15) is 0 Å². The van der Waals surface area contributed by atoms with E-state index < -0.39 is 0 Å². The molecule has 0 aliphatic carbocycles. The van der Waals surface area contributed by atoms with E-state index in [2.05, 4.69) is 15.8 Å². The van der Waals surface area contributed by atoms with Crippen LogP contribution >= 0.6 is 0 Å². The maximum absolute atomic E-state index is 11.8. The van der Waals surface area contributed by atoms with E-state index in [4.69, 9.17) is 9.26 Å². The molecule has 2 rings (SSSR count). The number of aromatic nitrogens is 1. The molecule has 1 aromatic heterocycles. The summed E-state index contributed by atoms with van der Waals surface area (Å²) in [6.45, 7) is 0.971. The molecular formula is C15H17N3O4. The van der Waals surface area contributed by atoms with E-state index in [0.717, 1.165) is 5.56 Å². The fourth-order valence-electron chi connectivity index (χ4n) is 1.77. The molecule has 1 aromatic carbocycles. The fraction of sp³-hybridized carbons (Fsp3) is 0.267. The normalized spacial score (nSPS) is 10.2. The summed E-state index contributed by atoms with van der Waals surface area (Å²) < 4.78 is 9.62. The Kier molecular flexibility index (Phi) is 5.67. The molecule has 1 heterocycles. The van der Waals surface area contributed by atoms with E-state index in [9.17, 15) is 9.59 Å². The minimum Gasteiger partial charge on any atom is -0.383 e.